The lowest BCUT2D eigenvalue weighted by atomic mass is 10.1. The van der Waals surface area contributed by atoms with E-state index in [9.17, 15) is 14.7 Å². The van der Waals surface area contributed by atoms with E-state index in [1.54, 1.807) is 20.8 Å². The number of nitrogens with one attached hydrogen (secondary N) is 1. The Morgan fingerprint density at radius 1 is 1.25 bits per heavy atom. The molecule has 20 heavy (non-hydrogen) atoms. The van der Waals surface area contributed by atoms with E-state index in [0.29, 0.717) is 0 Å². The van der Waals surface area contributed by atoms with Gasteiger partial charge >= 0.3 is 12.1 Å². The van der Waals surface area contributed by atoms with E-state index < -0.39 is 23.7 Å². The van der Waals surface area contributed by atoms with Crippen molar-refractivity contribution in [1.82, 2.24) is 5.32 Å². The molecule has 0 saturated carbocycles. The maximum absolute atomic E-state index is 11.7. The number of alkyl carbamates (subject to hydrolysis) is 1. The van der Waals surface area contributed by atoms with Gasteiger partial charge in [-0.05, 0) is 26.3 Å². The van der Waals surface area contributed by atoms with Crippen molar-refractivity contribution in [2.24, 2.45) is 0 Å². The first kappa shape index (κ1) is 16.7. The molecule has 0 bridgehead atoms. The van der Waals surface area contributed by atoms with Gasteiger partial charge in [0.1, 0.15) is 11.6 Å². The van der Waals surface area contributed by atoms with Gasteiger partial charge in [-0.25, -0.2) is 9.59 Å². The van der Waals surface area contributed by atoms with Gasteiger partial charge in [-0.3, -0.25) is 0 Å². The second-order valence-corrected chi connectivity index (χ2v) is 6.62. The quantitative estimate of drug-likeness (QED) is 0.611. The van der Waals surface area contributed by atoms with Crippen LogP contribution in [0, 0.1) is 0 Å². The van der Waals surface area contributed by atoms with Crippen LogP contribution in [0.4, 0.5) is 4.79 Å². The Morgan fingerprint density at radius 3 is 2.25 bits per heavy atom. The summed E-state index contributed by atoms with van der Waals surface area (Å²) >= 11 is 2.00. The number of hydrogen-bond acceptors (Lipinski definition) is 3. The van der Waals surface area contributed by atoms with Crippen LogP contribution in [0.5, 0.6) is 0 Å². The lowest BCUT2D eigenvalue weighted by molar-refractivity contribution is -0.139. The Morgan fingerprint density at radius 2 is 1.80 bits per heavy atom. The molecule has 0 heterocycles. The molecular weight excluding hydrogens is 373 g/mol. The van der Waals surface area contributed by atoms with Gasteiger partial charge < -0.3 is 15.2 Å². The number of amides is 1. The predicted molar refractivity (Wildman–Crippen MR) is 84.0 cm³/mol. The third kappa shape index (κ3) is 5.36. The highest BCUT2D eigenvalue weighted by Crippen LogP contribution is 2.27. The minimum absolute atomic E-state index is 0.390. The molecule has 1 aromatic rings. The Hall–Kier alpha value is -1.31. The van der Waals surface area contributed by atoms with Crippen molar-refractivity contribution < 1.29 is 19.4 Å². The van der Waals surface area contributed by atoms with Gasteiger partial charge in [-0.15, -0.1) is 0 Å². The number of halogens is 1. The van der Waals surface area contributed by atoms with Crippen molar-refractivity contribution in [2.45, 2.75) is 36.3 Å². The highest BCUT2D eigenvalue weighted by molar-refractivity contribution is 14.1. The molecule has 0 aliphatic heterocycles. The number of carboxylic acids is 1. The van der Waals surface area contributed by atoms with Gasteiger partial charge in [0.15, 0.2) is 0 Å². The lowest BCUT2D eigenvalue weighted by Gasteiger charge is -2.24. The molecule has 0 fully saturated rings. The molecule has 1 rings (SSSR count). The third-order valence-corrected chi connectivity index (χ3v) is 3.79. The van der Waals surface area contributed by atoms with E-state index in [-0.39, 0.29) is 3.92 Å². The minimum atomic E-state index is -1.10. The number of alkyl halides is 1. The standard InChI is InChI=1S/C14H18INO4/c1-14(2,3)20-13(19)16-11(12(17)18)10(15)9-7-5-4-6-8-9/h4-8,10-11H,1-3H3,(H,16,19)(H,17,18)/t10?,11-/m0/s1. The van der Waals surface area contributed by atoms with Crippen molar-refractivity contribution in [3.8, 4) is 0 Å². The molecule has 0 aliphatic rings. The lowest BCUT2D eigenvalue weighted by Crippen LogP contribution is -2.45. The zero-order chi connectivity index (χ0) is 15.3. The van der Waals surface area contributed by atoms with Crippen LogP contribution in [0.15, 0.2) is 30.3 Å². The molecule has 0 saturated heterocycles. The smallest absolute Gasteiger partial charge is 0.408 e. The summed E-state index contributed by atoms with van der Waals surface area (Å²) < 4.78 is 4.70. The fourth-order valence-electron chi connectivity index (χ4n) is 1.52. The maximum atomic E-state index is 11.7. The average molecular weight is 391 g/mol. The Labute approximate surface area is 131 Å². The largest absolute Gasteiger partial charge is 0.480 e. The summed E-state index contributed by atoms with van der Waals surface area (Å²) in [6.07, 6.45) is -0.734. The average Bonchev–Trinajstić information content (AvgIpc) is 2.34. The highest BCUT2D eigenvalue weighted by Gasteiger charge is 2.30. The van der Waals surface area contributed by atoms with Crippen LogP contribution >= 0.6 is 22.6 Å². The fourth-order valence-corrected chi connectivity index (χ4v) is 2.43. The van der Waals surface area contributed by atoms with Crippen molar-refractivity contribution in [1.29, 1.82) is 0 Å². The van der Waals surface area contributed by atoms with Crippen molar-refractivity contribution >= 4 is 34.7 Å². The summed E-state index contributed by atoms with van der Waals surface area (Å²) in [5.41, 5.74) is 0.164. The van der Waals surface area contributed by atoms with Gasteiger partial charge in [0.25, 0.3) is 0 Å². The molecule has 1 amide bonds. The first-order valence-corrected chi connectivity index (χ1v) is 7.36. The maximum Gasteiger partial charge on any atom is 0.408 e. The molecule has 2 atom stereocenters. The first-order chi connectivity index (χ1) is 9.20. The van der Waals surface area contributed by atoms with Gasteiger partial charge in [0, 0.05) is 0 Å². The number of ether oxygens (including phenoxy) is 1. The van der Waals surface area contributed by atoms with Gasteiger partial charge in [-0.1, -0.05) is 52.9 Å². The number of hydrogen-bond donors (Lipinski definition) is 2. The number of benzene rings is 1. The van der Waals surface area contributed by atoms with E-state index in [2.05, 4.69) is 5.32 Å². The fraction of sp³-hybridized carbons (Fsp3) is 0.429. The zero-order valence-corrected chi connectivity index (χ0v) is 13.7. The molecule has 0 aliphatic carbocycles. The van der Waals surface area contributed by atoms with Crippen LogP contribution in [0.2, 0.25) is 0 Å². The summed E-state index contributed by atoms with van der Waals surface area (Å²) in [5.74, 6) is -1.10. The first-order valence-electron chi connectivity index (χ1n) is 6.12. The molecule has 6 heteroatoms. The van der Waals surface area contributed by atoms with Crippen LogP contribution < -0.4 is 5.32 Å². The molecule has 0 aromatic heterocycles. The minimum Gasteiger partial charge on any atom is -0.480 e. The molecule has 1 unspecified atom stereocenters. The molecule has 5 nitrogen and oxygen atoms in total. The van der Waals surface area contributed by atoms with Crippen molar-refractivity contribution in [2.75, 3.05) is 0 Å². The summed E-state index contributed by atoms with van der Waals surface area (Å²) in [6, 6.07) is 8.10. The molecule has 0 spiro atoms. The molecule has 0 radical (unpaired) electrons. The van der Waals surface area contributed by atoms with Gasteiger partial charge in [-0.2, -0.15) is 0 Å². The van der Waals surface area contributed by atoms with Crippen LogP contribution in [0.1, 0.15) is 30.3 Å². The summed E-state index contributed by atoms with van der Waals surface area (Å²) in [5, 5.41) is 11.7. The third-order valence-electron chi connectivity index (χ3n) is 2.35. The Kier molecular flexibility index (Phi) is 5.79. The van der Waals surface area contributed by atoms with Gasteiger partial charge in [0.05, 0.1) is 3.92 Å². The van der Waals surface area contributed by atoms with E-state index in [4.69, 9.17) is 4.74 Å². The number of aliphatic carboxylic acids is 1. The Bertz CT molecular complexity index is 470. The summed E-state index contributed by atoms with van der Waals surface area (Å²) in [6.45, 7) is 5.17. The normalized spacial score (nSPS) is 14.2. The number of carbonyl (C=O) groups excluding carboxylic acids is 1. The SMILES string of the molecule is CC(C)(C)OC(=O)N[C@H](C(=O)O)C(I)c1ccccc1. The highest BCUT2D eigenvalue weighted by atomic mass is 127. The van der Waals surface area contributed by atoms with Crippen LogP contribution in [-0.4, -0.2) is 28.8 Å². The van der Waals surface area contributed by atoms with E-state index in [1.165, 1.54) is 0 Å². The second-order valence-electron chi connectivity index (χ2n) is 5.27. The molecule has 110 valence electrons. The van der Waals surface area contributed by atoms with Gasteiger partial charge in [0.2, 0.25) is 0 Å². The van der Waals surface area contributed by atoms with Crippen LogP contribution in [0.3, 0.4) is 0 Å². The van der Waals surface area contributed by atoms with Crippen molar-refractivity contribution in [3.05, 3.63) is 35.9 Å². The summed E-state index contributed by atoms with van der Waals surface area (Å²) in [4.78, 5) is 23.0. The number of carbonyl (C=O) groups is 2. The predicted octanol–water partition coefficient (Wildman–Crippen LogP) is 3.14. The van der Waals surface area contributed by atoms with Crippen LogP contribution in [0.25, 0.3) is 0 Å². The number of carboxylic acid groups (broad SMARTS) is 1. The zero-order valence-electron chi connectivity index (χ0n) is 11.6. The van der Waals surface area contributed by atoms with E-state index in [0.717, 1.165) is 5.56 Å². The van der Waals surface area contributed by atoms with Crippen LogP contribution in [-0.2, 0) is 9.53 Å². The summed E-state index contributed by atoms with van der Waals surface area (Å²) in [7, 11) is 0. The van der Waals surface area contributed by atoms with E-state index >= 15 is 0 Å². The monoisotopic (exact) mass is 391 g/mol. The number of rotatable bonds is 4. The topological polar surface area (TPSA) is 75.6 Å². The second kappa shape index (κ2) is 6.92. The molecule has 2 N–H and O–H groups in total. The molecular formula is C14H18INO4. The Balaban J connectivity index is 2.80. The van der Waals surface area contributed by atoms with E-state index in [1.807, 2.05) is 52.9 Å². The molecule has 1 aromatic carbocycles. The van der Waals surface area contributed by atoms with Crippen molar-refractivity contribution in [3.63, 3.8) is 0 Å².